The first-order chi connectivity index (χ1) is 10.8. The van der Waals surface area contributed by atoms with Gasteiger partial charge < -0.3 is 0 Å². The van der Waals surface area contributed by atoms with E-state index in [1.54, 1.807) is 12.1 Å². The van der Waals surface area contributed by atoms with Crippen molar-refractivity contribution in [1.29, 1.82) is 0 Å². The van der Waals surface area contributed by atoms with Crippen molar-refractivity contribution in [3.8, 4) is 0 Å². The number of amides is 2. The highest BCUT2D eigenvalue weighted by molar-refractivity contribution is 6.09. The molecule has 2 amide bonds. The number of hydrazine groups is 1. The Kier molecular flexibility index (Phi) is 4.86. The van der Waals surface area contributed by atoms with Crippen LogP contribution in [0, 0.1) is 5.82 Å². The van der Waals surface area contributed by atoms with Crippen molar-refractivity contribution < 1.29 is 14.0 Å². The number of nitrogens with zero attached hydrogens (tertiary/aromatic N) is 2. The van der Waals surface area contributed by atoms with E-state index in [4.69, 9.17) is 0 Å². The molecule has 1 aromatic carbocycles. The second kappa shape index (κ2) is 6.66. The zero-order valence-electron chi connectivity index (χ0n) is 13.2. The minimum atomic E-state index is -0.574. The topological polar surface area (TPSA) is 62.3 Å². The number of pyridine rings is 1. The van der Waals surface area contributed by atoms with Crippen LogP contribution in [0.5, 0.6) is 0 Å². The molecular weight excluding hydrogens is 297 g/mol. The molecular formula is C17H18FN3O2. The van der Waals surface area contributed by atoms with Gasteiger partial charge in [0.05, 0.1) is 0 Å². The minimum absolute atomic E-state index is 0.139. The Bertz CT molecular complexity index is 694. The Hall–Kier alpha value is -2.60. The maximum atomic E-state index is 13.0. The first-order valence-corrected chi connectivity index (χ1v) is 7.11. The summed E-state index contributed by atoms with van der Waals surface area (Å²) >= 11 is 0. The van der Waals surface area contributed by atoms with Crippen molar-refractivity contribution >= 4 is 11.8 Å². The lowest BCUT2D eigenvalue weighted by atomic mass is 10.1. The summed E-state index contributed by atoms with van der Waals surface area (Å²) in [4.78, 5) is 29.2. The average Bonchev–Trinajstić information content (AvgIpc) is 2.52. The number of benzene rings is 1. The predicted octanol–water partition coefficient (Wildman–Crippen LogP) is 2.81. The zero-order valence-corrected chi connectivity index (χ0v) is 13.2. The Morgan fingerprint density at radius 1 is 1.04 bits per heavy atom. The largest absolute Gasteiger partial charge is 0.293 e. The fraction of sp³-hybridized carbons (Fsp3) is 0.235. The molecule has 0 aliphatic carbocycles. The molecule has 0 aliphatic heterocycles. The van der Waals surface area contributed by atoms with Crippen LogP contribution in [0.1, 0.15) is 41.6 Å². The fourth-order valence-corrected chi connectivity index (χ4v) is 1.85. The summed E-state index contributed by atoms with van der Waals surface area (Å²) in [5.41, 5.74) is 2.68. The van der Waals surface area contributed by atoms with Gasteiger partial charge in [0.25, 0.3) is 11.8 Å². The van der Waals surface area contributed by atoms with Crippen LogP contribution in [0.2, 0.25) is 0 Å². The molecule has 2 aromatic rings. The molecule has 5 nitrogen and oxygen atoms in total. The highest BCUT2D eigenvalue weighted by atomic mass is 19.1. The predicted molar refractivity (Wildman–Crippen MR) is 84.0 cm³/mol. The molecule has 1 heterocycles. The van der Waals surface area contributed by atoms with Crippen LogP contribution in [0.15, 0.2) is 48.7 Å². The summed E-state index contributed by atoms with van der Waals surface area (Å²) in [6.45, 7) is 5.47. The monoisotopic (exact) mass is 315 g/mol. The van der Waals surface area contributed by atoms with Gasteiger partial charge in [0.15, 0.2) is 0 Å². The van der Waals surface area contributed by atoms with Crippen LogP contribution < -0.4 is 5.43 Å². The molecule has 23 heavy (non-hydrogen) atoms. The van der Waals surface area contributed by atoms with Crippen LogP contribution in [-0.4, -0.2) is 27.3 Å². The van der Waals surface area contributed by atoms with Crippen LogP contribution in [0.25, 0.3) is 0 Å². The van der Waals surface area contributed by atoms with E-state index < -0.39 is 23.2 Å². The third-order valence-electron chi connectivity index (χ3n) is 2.83. The number of aromatic nitrogens is 1. The lowest BCUT2D eigenvalue weighted by molar-refractivity contribution is 0.0448. The average molecular weight is 315 g/mol. The van der Waals surface area contributed by atoms with Crippen molar-refractivity contribution in [3.63, 3.8) is 0 Å². The van der Waals surface area contributed by atoms with E-state index in [9.17, 15) is 14.0 Å². The summed E-state index contributed by atoms with van der Waals surface area (Å²) in [6, 6.07) is 9.89. The molecule has 0 fully saturated rings. The number of rotatable bonds is 3. The van der Waals surface area contributed by atoms with Crippen LogP contribution >= 0.6 is 0 Å². The van der Waals surface area contributed by atoms with Crippen molar-refractivity contribution in [3.05, 3.63) is 65.7 Å². The lowest BCUT2D eigenvalue weighted by Crippen LogP contribution is -2.55. The molecule has 0 unspecified atom stereocenters. The van der Waals surface area contributed by atoms with Gasteiger partial charge in [0.2, 0.25) is 0 Å². The summed E-state index contributed by atoms with van der Waals surface area (Å²) in [5, 5.41) is 0.912. The Morgan fingerprint density at radius 3 is 2.22 bits per heavy atom. The number of halogens is 1. The summed E-state index contributed by atoms with van der Waals surface area (Å²) < 4.78 is 13.0. The summed E-state index contributed by atoms with van der Waals surface area (Å²) in [6.07, 6.45) is 1.48. The van der Waals surface area contributed by atoms with E-state index in [1.165, 1.54) is 36.5 Å². The van der Waals surface area contributed by atoms with Crippen LogP contribution in [0.4, 0.5) is 4.39 Å². The quantitative estimate of drug-likeness (QED) is 0.699. The van der Waals surface area contributed by atoms with Crippen molar-refractivity contribution in [2.45, 2.75) is 26.3 Å². The number of nitrogens with one attached hydrogen (secondary N) is 1. The smallest absolute Gasteiger partial charge is 0.267 e. The van der Waals surface area contributed by atoms with Gasteiger partial charge >= 0.3 is 0 Å². The van der Waals surface area contributed by atoms with Gasteiger partial charge in [0, 0.05) is 17.3 Å². The maximum absolute atomic E-state index is 13.0. The van der Waals surface area contributed by atoms with E-state index in [0.717, 1.165) is 5.01 Å². The first kappa shape index (κ1) is 16.8. The van der Waals surface area contributed by atoms with Gasteiger partial charge in [-0.25, -0.2) is 14.8 Å². The van der Waals surface area contributed by atoms with E-state index in [2.05, 4.69) is 10.4 Å². The number of carbonyl (C=O) groups excluding carboxylic acids is 2. The second-order valence-corrected chi connectivity index (χ2v) is 6.03. The molecule has 0 saturated heterocycles. The van der Waals surface area contributed by atoms with Crippen molar-refractivity contribution in [2.75, 3.05) is 0 Å². The van der Waals surface area contributed by atoms with Crippen LogP contribution in [0.3, 0.4) is 0 Å². The Balaban J connectivity index is 2.36. The van der Waals surface area contributed by atoms with Gasteiger partial charge in [-0.2, -0.15) is 0 Å². The van der Waals surface area contributed by atoms with Crippen LogP contribution in [-0.2, 0) is 0 Å². The van der Waals surface area contributed by atoms with E-state index in [-0.39, 0.29) is 11.3 Å². The molecule has 0 spiro atoms. The van der Waals surface area contributed by atoms with Gasteiger partial charge in [0.1, 0.15) is 11.5 Å². The molecule has 0 atom stereocenters. The maximum Gasteiger partial charge on any atom is 0.293 e. The Morgan fingerprint density at radius 2 is 1.70 bits per heavy atom. The van der Waals surface area contributed by atoms with Crippen molar-refractivity contribution in [1.82, 2.24) is 15.4 Å². The molecule has 1 aromatic heterocycles. The third kappa shape index (κ3) is 4.43. The number of imide groups is 1. The standard InChI is InChI=1S/C17H18FN3O2/c1-17(2,3)20-21(16(23)14-6-4-5-11-19-14)15(22)12-7-9-13(18)10-8-12/h4-11,20H,1-3H3. The second-order valence-electron chi connectivity index (χ2n) is 6.03. The van der Waals surface area contributed by atoms with Crippen molar-refractivity contribution in [2.24, 2.45) is 0 Å². The third-order valence-corrected chi connectivity index (χ3v) is 2.83. The highest BCUT2D eigenvalue weighted by Gasteiger charge is 2.28. The summed E-state index contributed by atoms with van der Waals surface area (Å²) in [7, 11) is 0. The number of hydrogen-bond donors (Lipinski definition) is 1. The van der Waals surface area contributed by atoms with E-state index in [0.29, 0.717) is 0 Å². The Labute approximate surface area is 134 Å². The summed E-state index contributed by atoms with van der Waals surface area (Å²) in [5.74, 6) is -1.60. The lowest BCUT2D eigenvalue weighted by Gasteiger charge is -2.30. The fourth-order valence-electron chi connectivity index (χ4n) is 1.85. The van der Waals surface area contributed by atoms with Gasteiger partial charge in [-0.05, 0) is 57.2 Å². The molecule has 0 aliphatic rings. The number of carbonyl (C=O) groups is 2. The van der Waals surface area contributed by atoms with Gasteiger partial charge in [-0.1, -0.05) is 6.07 Å². The normalized spacial score (nSPS) is 11.1. The minimum Gasteiger partial charge on any atom is -0.267 e. The molecule has 1 N–H and O–H groups in total. The molecule has 120 valence electrons. The first-order valence-electron chi connectivity index (χ1n) is 7.11. The molecule has 0 radical (unpaired) electrons. The zero-order chi connectivity index (χ0) is 17.0. The molecule has 6 heteroatoms. The SMILES string of the molecule is CC(C)(C)NN(C(=O)c1ccc(F)cc1)C(=O)c1ccccn1. The molecule has 0 saturated carbocycles. The number of hydrogen-bond acceptors (Lipinski definition) is 4. The molecule has 2 rings (SSSR count). The van der Waals surface area contributed by atoms with E-state index >= 15 is 0 Å². The van der Waals surface area contributed by atoms with Gasteiger partial charge in [-0.15, -0.1) is 0 Å². The van der Waals surface area contributed by atoms with Gasteiger partial charge in [-0.3, -0.25) is 14.6 Å². The van der Waals surface area contributed by atoms with E-state index in [1.807, 2.05) is 20.8 Å². The highest BCUT2D eigenvalue weighted by Crippen LogP contribution is 2.11. The molecule has 0 bridgehead atoms.